The third-order valence-corrected chi connectivity index (χ3v) is 5.52. The standard InChI is InChI=1S/C19H19BrN4O4S/c1-12-10-13(2-4-16(12)20)21-19(29)22-18(25)15-11-14(24(26)27)3-5-17(15)23-6-8-28-9-7-23/h2-5,10-11H,6-9H2,1H3,(H2,21,22,25,29). The van der Waals surface area contributed by atoms with E-state index in [-0.39, 0.29) is 16.4 Å². The Hall–Kier alpha value is -2.56. The first-order valence-corrected chi connectivity index (χ1v) is 10.0. The van der Waals surface area contributed by atoms with E-state index in [4.69, 9.17) is 17.0 Å². The molecule has 1 amide bonds. The fraction of sp³-hybridized carbons (Fsp3) is 0.263. The van der Waals surface area contributed by atoms with E-state index < -0.39 is 10.8 Å². The Morgan fingerprint density at radius 3 is 2.62 bits per heavy atom. The van der Waals surface area contributed by atoms with Crippen molar-refractivity contribution in [2.45, 2.75) is 6.92 Å². The van der Waals surface area contributed by atoms with Crippen molar-refractivity contribution in [1.82, 2.24) is 5.32 Å². The fourth-order valence-corrected chi connectivity index (χ4v) is 3.41. The highest BCUT2D eigenvalue weighted by Gasteiger charge is 2.22. The van der Waals surface area contributed by atoms with Gasteiger partial charge >= 0.3 is 0 Å². The zero-order chi connectivity index (χ0) is 21.0. The number of nitrogens with zero attached hydrogens (tertiary/aromatic N) is 2. The number of carbonyl (C=O) groups is 1. The molecule has 1 heterocycles. The minimum absolute atomic E-state index is 0.108. The van der Waals surface area contributed by atoms with Gasteiger partial charge in [-0.3, -0.25) is 20.2 Å². The zero-order valence-corrected chi connectivity index (χ0v) is 18.0. The van der Waals surface area contributed by atoms with Crippen LogP contribution < -0.4 is 15.5 Å². The smallest absolute Gasteiger partial charge is 0.270 e. The van der Waals surface area contributed by atoms with Crippen molar-refractivity contribution in [3.05, 3.63) is 62.1 Å². The maximum atomic E-state index is 12.9. The highest BCUT2D eigenvalue weighted by molar-refractivity contribution is 9.10. The van der Waals surface area contributed by atoms with Gasteiger partial charge in [0.2, 0.25) is 0 Å². The van der Waals surface area contributed by atoms with E-state index >= 15 is 0 Å². The highest BCUT2D eigenvalue weighted by Crippen LogP contribution is 2.26. The number of hydrogen-bond donors (Lipinski definition) is 2. The lowest BCUT2D eigenvalue weighted by atomic mass is 10.1. The summed E-state index contributed by atoms with van der Waals surface area (Å²) in [5, 5.41) is 16.9. The minimum Gasteiger partial charge on any atom is -0.378 e. The first kappa shape index (κ1) is 21.2. The van der Waals surface area contributed by atoms with Gasteiger partial charge in [0.1, 0.15) is 0 Å². The molecule has 2 aromatic rings. The summed E-state index contributed by atoms with van der Waals surface area (Å²) in [6, 6.07) is 9.83. The second kappa shape index (κ2) is 9.29. The number of anilines is 2. The van der Waals surface area contributed by atoms with E-state index in [0.717, 1.165) is 15.7 Å². The molecule has 2 N–H and O–H groups in total. The van der Waals surface area contributed by atoms with E-state index in [1.54, 1.807) is 6.07 Å². The molecule has 0 saturated carbocycles. The lowest BCUT2D eigenvalue weighted by Gasteiger charge is -2.30. The van der Waals surface area contributed by atoms with Gasteiger partial charge in [0, 0.05) is 35.4 Å². The number of morpholine rings is 1. The Morgan fingerprint density at radius 2 is 1.97 bits per heavy atom. The first-order chi connectivity index (χ1) is 13.8. The maximum Gasteiger partial charge on any atom is 0.270 e. The van der Waals surface area contributed by atoms with Gasteiger partial charge < -0.3 is 15.0 Å². The molecule has 0 bridgehead atoms. The van der Waals surface area contributed by atoms with Crippen LogP contribution in [0, 0.1) is 17.0 Å². The van der Waals surface area contributed by atoms with Gasteiger partial charge in [0.25, 0.3) is 11.6 Å². The summed E-state index contributed by atoms with van der Waals surface area (Å²) in [5.41, 5.74) is 2.38. The fourth-order valence-electron chi connectivity index (χ4n) is 2.95. The molecule has 10 heteroatoms. The van der Waals surface area contributed by atoms with Crippen LogP contribution in [0.2, 0.25) is 0 Å². The third-order valence-electron chi connectivity index (χ3n) is 4.43. The van der Waals surface area contributed by atoms with Crippen LogP contribution in [0.15, 0.2) is 40.9 Å². The normalized spacial score (nSPS) is 13.7. The predicted molar refractivity (Wildman–Crippen MR) is 119 cm³/mol. The van der Waals surface area contributed by atoms with Crippen molar-refractivity contribution in [3.8, 4) is 0 Å². The van der Waals surface area contributed by atoms with E-state index in [9.17, 15) is 14.9 Å². The average molecular weight is 479 g/mol. The van der Waals surface area contributed by atoms with Crippen molar-refractivity contribution in [2.24, 2.45) is 0 Å². The molecule has 3 rings (SSSR count). The van der Waals surface area contributed by atoms with E-state index in [2.05, 4.69) is 26.6 Å². The van der Waals surface area contributed by atoms with Gasteiger partial charge in [-0.2, -0.15) is 0 Å². The summed E-state index contributed by atoms with van der Waals surface area (Å²) in [6.07, 6.45) is 0. The molecule has 1 aliphatic heterocycles. The van der Waals surface area contributed by atoms with Crippen molar-refractivity contribution in [1.29, 1.82) is 0 Å². The van der Waals surface area contributed by atoms with Crippen molar-refractivity contribution < 1.29 is 14.5 Å². The lowest BCUT2D eigenvalue weighted by molar-refractivity contribution is -0.384. The van der Waals surface area contributed by atoms with Crippen molar-refractivity contribution in [3.63, 3.8) is 0 Å². The molecule has 0 unspecified atom stereocenters. The molecule has 8 nitrogen and oxygen atoms in total. The monoisotopic (exact) mass is 478 g/mol. The number of nitrogens with one attached hydrogen (secondary N) is 2. The van der Waals surface area contributed by atoms with Gasteiger partial charge in [0.15, 0.2) is 5.11 Å². The molecule has 1 aliphatic rings. The molecule has 0 aliphatic carbocycles. The minimum atomic E-state index is -0.527. The predicted octanol–water partition coefficient (Wildman–Crippen LogP) is 3.63. The Labute approximate surface area is 181 Å². The third kappa shape index (κ3) is 5.28. The van der Waals surface area contributed by atoms with Crippen LogP contribution in [0.5, 0.6) is 0 Å². The number of carbonyl (C=O) groups excluding carboxylic acids is 1. The Balaban J connectivity index is 1.80. The van der Waals surface area contributed by atoms with Crippen LogP contribution in [0.1, 0.15) is 15.9 Å². The molecule has 152 valence electrons. The molecule has 0 spiro atoms. The number of amides is 1. The molecule has 0 aromatic heterocycles. The second-order valence-electron chi connectivity index (χ2n) is 6.43. The number of halogens is 1. The quantitative estimate of drug-likeness (QED) is 0.393. The summed E-state index contributed by atoms with van der Waals surface area (Å²) >= 11 is 8.68. The summed E-state index contributed by atoms with van der Waals surface area (Å²) in [4.78, 5) is 25.5. The summed E-state index contributed by atoms with van der Waals surface area (Å²) in [6.45, 7) is 4.19. The summed E-state index contributed by atoms with van der Waals surface area (Å²) in [5.74, 6) is -0.512. The van der Waals surface area contributed by atoms with E-state index in [0.29, 0.717) is 32.0 Å². The Bertz CT molecular complexity index is 963. The summed E-state index contributed by atoms with van der Waals surface area (Å²) in [7, 11) is 0. The molecular formula is C19H19BrN4O4S. The SMILES string of the molecule is Cc1cc(NC(=S)NC(=O)c2cc([N+](=O)[O-])ccc2N2CCOCC2)ccc1Br. The molecule has 1 saturated heterocycles. The highest BCUT2D eigenvalue weighted by atomic mass is 79.9. The van der Waals surface area contributed by atoms with Gasteiger partial charge in [0.05, 0.1) is 29.4 Å². The number of nitro groups is 1. The van der Waals surface area contributed by atoms with Gasteiger partial charge in [-0.05, 0) is 49.0 Å². The number of ether oxygens (including phenoxy) is 1. The first-order valence-electron chi connectivity index (χ1n) is 8.85. The van der Waals surface area contributed by atoms with Crippen LogP contribution in [0.3, 0.4) is 0 Å². The van der Waals surface area contributed by atoms with E-state index in [1.807, 2.05) is 30.0 Å². The van der Waals surface area contributed by atoms with Crippen LogP contribution in [0.4, 0.5) is 17.1 Å². The number of non-ortho nitro benzene ring substituents is 1. The van der Waals surface area contributed by atoms with Crippen LogP contribution in [0.25, 0.3) is 0 Å². The van der Waals surface area contributed by atoms with E-state index in [1.165, 1.54) is 12.1 Å². The van der Waals surface area contributed by atoms with Gasteiger partial charge in [-0.15, -0.1) is 0 Å². The van der Waals surface area contributed by atoms with Crippen LogP contribution in [-0.2, 0) is 4.74 Å². The van der Waals surface area contributed by atoms with Crippen molar-refractivity contribution >= 4 is 56.2 Å². The number of aryl methyl sites for hydroxylation is 1. The molecule has 0 atom stereocenters. The number of thiocarbonyl (C=S) groups is 1. The Morgan fingerprint density at radius 1 is 1.24 bits per heavy atom. The van der Waals surface area contributed by atoms with Gasteiger partial charge in [-0.1, -0.05) is 15.9 Å². The zero-order valence-electron chi connectivity index (χ0n) is 15.6. The molecular weight excluding hydrogens is 460 g/mol. The number of hydrogen-bond acceptors (Lipinski definition) is 6. The molecule has 29 heavy (non-hydrogen) atoms. The average Bonchev–Trinajstić information content (AvgIpc) is 2.70. The maximum absolute atomic E-state index is 12.9. The van der Waals surface area contributed by atoms with Crippen LogP contribution >= 0.6 is 28.1 Å². The van der Waals surface area contributed by atoms with Crippen molar-refractivity contribution in [2.75, 3.05) is 36.5 Å². The summed E-state index contributed by atoms with van der Waals surface area (Å²) < 4.78 is 6.31. The lowest BCUT2D eigenvalue weighted by Crippen LogP contribution is -2.39. The molecule has 2 aromatic carbocycles. The molecule has 0 radical (unpaired) electrons. The number of nitro benzene ring substituents is 1. The topological polar surface area (TPSA) is 96.7 Å². The number of benzene rings is 2. The molecule has 1 fully saturated rings. The number of rotatable bonds is 4. The Kier molecular flexibility index (Phi) is 6.78. The van der Waals surface area contributed by atoms with Crippen LogP contribution in [-0.4, -0.2) is 42.2 Å². The second-order valence-corrected chi connectivity index (χ2v) is 7.69. The largest absolute Gasteiger partial charge is 0.378 e. The van der Waals surface area contributed by atoms with Gasteiger partial charge in [-0.25, -0.2) is 0 Å².